The smallest absolute Gasteiger partial charge is 0.748 e. The Bertz CT molecular complexity index is 156. The molecule has 0 aliphatic rings. The predicted octanol–water partition coefficient (Wildman–Crippen LogP) is -2.90. The van der Waals surface area contributed by atoms with Gasteiger partial charge in [-0.1, -0.05) is 0 Å². The Hall–Kier alpha value is 1.16. The molecule has 0 radical (unpaired) electrons. The molecule has 7 heteroatoms. The first-order valence-corrected chi connectivity index (χ1v) is 4.12. The van der Waals surface area contributed by atoms with Crippen LogP contribution in [0.1, 0.15) is 6.42 Å². The molecule has 0 saturated carbocycles. The topological polar surface area (TPSA) is 66.4 Å². The molecule has 0 N–H and O–H groups in total. The second-order valence-corrected chi connectivity index (χ2v) is 3.17. The molecule has 0 aromatic carbocycles. The summed E-state index contributed by atoms with van der Waals surface area (Å²) in [7, 11) is -4.09. The molecule has 0 aliphatic carbocycles. The van der Waals surface area contributed by atoms with Crippen LogP contribution in [0.5, 0.6) is 0 Å². The molecule has 0 aromatic heterocycles. The first-order chi connectivity index (χ1) is 4.06. The molecule has 56 valence electrons. The Morgan fingerprint density at radius 1 is 1.50 bits per heavy atom. The van der Waals surface area contributed by atoms with Gasteiger partial charge >= 0.3 is 29.6 Å². The van der Waals surface area contributed by atoms with Gasteiger partial charge in [-0.2, -0.15) is 0 Å². The Morgan fingerprint density at radius 3 is 2.30 bits per heavy atom. The maximum atomic E-state index is 9.85. The fourth-order valence-electron chi connectivity index (χ4n) is 0.290. The van der Waals surface area contributed by atoms with Crippen LogP contribution in [-0.2, 0) is 14.4 Å². The first-order valence-electron chi connectivity index (χ1n) is 2.23. The molecule has 0 amide bonds. The summed E-state index contributed by atoms with van der Waals surface area (Å²) in [5, 5.41) is 0. The van der Waals surface area contributed by atoms with E-state index in [-0.39, 0.29) is 42.6 Å². The normalized spacial score (nSPS) is 10.6. The molecule has 0 bridgehead atoms. The van der Waals surface area contributed by atoms with E-state index in [1.807, 2.05) is 0 Å². The quantitative estimate of drug-likeness (QED) is 0.275. The summed E-state index contributed by atoms with van der Waals surface area (Å²) in [6.07, 6.45) is 0.148. The summed E-state index contributed by atoms with van der Waals surface area (Å²) in [4.78, 5) is 0. The van der Waals surface area contributed by atoms with Crippen molar-refractivity contribution in [2.45, 2.75) is 6.42 Å². The monoisotopic (exact) mass is 196 g/mol. The van der Waals surface area contributed by atoms with Crippen LogP contribution in [0.3, 0.4) is 0 Å². The Morgan fingerprint density at radius 2 is 2.00 bits per heavy atom. The summed E-state index contributed by atoms with van der Waals surface area (Å²) >= 11 is 4.73. The molecule has 0 unspecified atom stereocenters. The van der Waals surface area contributed by atoms with Gasteiger partial charge in [0.2, 0.25) is 0 Å². The third-order valence-corrected chi connectivity index (χ3v) is 1.56. The van der Waals surface area contributed by atoms with Crippen molar-refractivity contribution in [3.63, 3.8) is 0 Å². The summed E-state index contributed by atoms with van der Waals surface area (Å²) < 4.78 is 33.6. The van der Waals surface area contributed by atoms with Gasteiger partial charge in [0.15, 0.2) is 0 Å². The van der Waals surface area contributed by atoms with E-state index >= 15 is 0 Å². The second kappa shape index (κ2) is 6.84. The molecule has 4 nitrogen and oxygen atoms in total. The average molecular weight is 197 g/mol. The van der Waals surface area contributed by atoms with E-state index < -0.39 is 15.9 Å². The Labute approximate surface area is 87.1 Å². The SMILES string of the molecule is O=S(=O)([O-])CCCOCl.[Na+]. The molecule has 0 fully saturated rings. The van der Waals surface area contributed by atoms with E-state index in [2.05, 4.69) is 4.29 Å². The third-order valence-electron chi connectivity index (χ3n) is 0.616. The van der Waals surface area contributed by atoms with E-state index in [1.54, 1.807) is 0 Å². The maximum Gasteiger partial charge on any atom is 1.00 e. The number of halogens is 1. The number of rotatable bonds is 4. The van der Waals surface area contributed by atoms with Gasteiger partial charge in [-0.05, 0) is 6.42 Å². The van der Waals surface area contributed by atoms with Crippen molar-refractivity contribution in [3.8, 4) is 0 Å². The molecular weight excluding hydrogens is 191 g/mol. The largest absolute Gasteiger partial charge is 1.00 e. The van der Waals surface area contributed by atoms with Crippen LogP contribution in [0.2, 0.25) is 0 Å². The zero-order chi connectivity index (χ0) is 7.33. The van der Waals surface area contributed by atoms with Gasteiger partial charge in [-0.15, -0.1) is 0 Å². The minimum absolute atomic E-state index is 0. The van der Waals surface area contributed by atoms with Gasteiger partial charge in [0.05, 0.1) is 28.6 Å². The van der Waals surface area contributed by atoms with Crippen molar-refractivity contribution >= 4 is 22.0 Å². The zero-order valence-electron chi connectivity index (χ0n) is 5.54. The summed E-state index contributed by atoms with van der Waals surface area (Å²) in [6.45, 7) is 0.0863. The van der Waals surface area contributed by atoms with Gasteiger partial charge in [0.25, 0.3) is 0 Å². The fraction of sp³-hybridized carbons (Fsp3) is 1.00. The Kier molecular flexibility index (Phi) is 9.40. The van der Waals surface area contributed by atoms with Crippen molar-refractivity contribution < 1.29 is 46.8 Å². The van der Waals surface area contributed by atoms with Crippen molar-refractivity contribution in [1.82, 2.24) is 0 Å². The average Bonchev–Trinajstić information content (AvgIpc) is 1.63. The van der Waals surface area contributed by atoms with E-state index in [9.17, 15) is 13.0 Å². The fourth-order valence-corrected chi connectivity index (χ4v) is 0.871. The van der Waals surface area contributed by atoms with E-state index in [0.717, 1.165) is 0 Å². The van der Waals surface area contributed by atoms with Crippen LogP contribution in [-0.4, -0.2) is 25.3 Å². The summed E-state index contributed by atoms with van der Waals surface area (Å²) in [6, 6.07) is 0. The minimum Gasteiger partial charge on any atom is -0.748 e. The molecule has 10 heavy (non-hydrogen) atoms. The van der Waals surface area contributed by atoms with E-state index in [1.165, 1.54) is 0 Å². The van der Waals surface area contributed by atoms with Crippen LogP contribution in [0, 0.1) is 0 Å². The molecule has 0 heterocycles. The molecule has 0 aliphatic heterocycles. The van der Waals surface area contributed by atoms with Crippen molar-refractivity contribution in [2.75, 3.05) is 12.4 Å². The molecule has 0 atom stereocenters. The van der Waals surface area contributed by atoms with Gasteiger partial charge in [-0.3, -0.25) is 4.29 Å². The second-order valence-electron chi connectivity index (χ2n) is 1.43. The summed E-state index contributed by atoms with van der Waals surface area (Å²) in [5.41, 5.74) is 0. The van der Waals surface area contributed by atoms with Crippen molar-refractivity contribution in [3.05, 3.63) is 0 Å². The van der Waals surface area contributed by atoms with Gasteiger partial charge in [-0.25, -0.2) is 8.42 Å². The molecule has 0 rings (SSSR count). The molecule has 0 aromatic rings. The Balaban J connectivity index is 0. The molecule has 0 saturated heterocycles. The third kappa shape index (κ3) is 11.9. The minimum atomic E-state index is -4.09. The zero-order valence-corrected chi connectivity index (χ0v) is 9.11. The predicted molar refractivity (Wildman–Crippen MR) is 31.0 cm³/mol. The molecular formula is C3H6ClNaO4S. The standard InChI is InChI=1S/C3H7ClO4S.Na/c4-8-2-1-3-9(5,6)7;/h1-3H2,(H,5,6,7);/q;+1/p-1. The van der Waals surface area contributed by atoms with Crippen LogP contribution in [0.25, 0.3) is 0 Å². The summed E-state index contributed by atoms with van der Waals surface area (Å²) in [5.74, 6) is -0.417. The van der Waals surface area contributed by atoms with Crippen LogP contribution in [0.15, 0.2) is 0 Å². The molecule has 0 spiro atoms. The number of hydrogen-bond acceptors (Lipinski definition) is 4. The number of hydrogen-bond donors (Lipinski definition) is 0. The van der Waals surface area contributed by atoms with Gasteiger partial charge in [0.1, 0.15) is 0 Å². The maximum absolute atomic E-state index is 9.85. The van der Waals surface area contributed by atoms with Crippen molar-refractivity contribution in [1.29, 1.82) is 0 Å². The van der Waals surface area contributed by atoms with Crippen LogP contribution >= 0.6 is 11.9 Å². The first kappa shape index (κ1) is 13.7. The van der Waals surface area contributed by atoms with E-state index in [0.29, 0.717) is 0 Å². The van der Waals surface area contributed by atoms with Crippen LogP contribution < -0.4 is 29.6 Å². The van der Waals surface area contributed by atoms with Gasteiger partial charge in [0, 0.05) is 5.75 Å². The van der Waals surface area contributed by atoms with Gasteiger partial charge < -0.3 is 4.55 Å². The van der Waals surface area contributed by atoms with E-state index in [4.69, 9.17) is 11.9 Å². The van der Waals surface area contributed by atoms with Crippen LogP contribution in [0.4, 0.5) is 0 Å². The van der Waals surface area contributed by atoms with Crippen molar-refractivity contribution in [2.24, 2.45) is 0 Å².